The number of methoxy groups -OCH3 is 1. The van der Waals surface area contributed by atoms with Crippen molar-refractivity contribution in [2.45, 2.75) is 19.0 Å². The van der Waals surface area contributed by atoms with Gasteiger partial charge in [-0.15, -0.1) is 0 Å². The van der Waals surface area contributed by atoms with Crippen molar-refractivity contribution >= 4 is 6.03 Å². The lowest BCUT2D eigenvalue weighted by atomic mass is 10.1. The molecule has 1 N–H and O–H groups in total. The highest BCUT2D eigenvalue weighted by Crippen LogP contribution is 2.19. The van der Waals surface area contributed by atoms with Gasteiger partial charge in [0.15, 0.2) is 0 Å². The Hall–Kier alpha value is -2.30. The zero-order valence-corrected chi connectivity index (χ0v) is 15.1. The fourth-order valence-electron chi connectivity index (χ4n) is 2.79. The molecule has 1 saturated heterocycles. The quantitative estimate of drug-likeness (QED) is 0.847. The third-order valence-corrected chi connectivity index (χ3v) is 4.31. The second-order valence-corrected chi connectivity index (χ2v) is 6.03. The van der Waals surface area contributed by atoms with E-state index in [-0.39, 0.29) is 18.1 Å². The van der Waals surface area contributed by atoms with E-state index in [1.807, 2.05) is 43.1 Å². The van der Waals surface area contributed by atoms with Gasteiger partial charge < -0.3 is 19.7 Å². The number of nitriles is 1. The van der Waals surface area contributed by atoms with E-state index in [4.69, 9.17) is 9.47 Å². The minimum Gasteiger partial charge on any atom is -0.494 e. The Kier molecular flexibility index (Phi) is 7.04. The number of likely N-dealkylation sites (N-methyl/N-ethyl adjacent to an activating group) is 1. The number of urea groups is 1. The maximum Gasteiger partial charge on any atom is 0.318 e. The van der Waals surface area contributed by atoms with Crippen LogP contribution < -0.4 is 10.1 Å². The van der Waals surface area contributed by atoms with E-state index in [0.29, 0.717) is 32.8 Å². The Morgan fingerprint density at radius 3 is 2.72 bits per heavy atom. The molecule has 136 valence electrons. The van der Waals surface area contributed by atoms with Crippen LogP contribution in [-0.4, -0.2) is 68.9 Å². The number of ether oxygens (including phenoxy) is 2. The summed E-state index contributed by atoms with van der Waals surface area (Å²) in [7, 11) is 3.51. The van der Waals surface area contributed by atoms with Gasteiger partial charge in [0.2, 0.25) is 0 Å². The van der Waals surface area contributed by atoms with Crippen LogP contribution in [0.4, 0.5) is 4.79 Å². The summed E-state index contributed by atoms with van der Waals surface area (Å²) in [5.74, 6) is 0.796. The molecule has 7 nitrogen and oxygen atoms in total. The van der Waals surface area contributed by atoms with Gasteiger partial charge in [0, 0.05) is 20.2 Å². The van der Waals surface area contributed by atoms with Gasteiger partial charge in [0.05, 0.1) is 31.9 Å². The molecule has 2 rings (SSSR count). The first-order valence-electron chi connectivity index (χ1n) is 8.46. The molecule has 1 heterocycles. The van der Waals surface area contributed by atoms with Crippen LogP contribution in [0.15, 0.2) is 24.3 Å². The highest BCUT2D eigenvalue weighted by atomic mass is 16.5. The largest absolute Gasteiger partial charge is 0.494 e. The van der Waals surface area contributed by atoms with Gasteiger partial charge in [-0.05, 0) is 31.7 Å². The molecule has 1 aliphatic heterocycles. The highest BCUT2D eigenvalue weighted by molar-refractivity contribution is 5.75. The smallest absolute Gasteiger partial charge is 0.318 e. The number of hydrogen-bond acceptors (Lipinski definition) is 5. The van der Waals surface area contributed by atoms with Crippen molar-refractivity contribution in [2.24, 2.45) is 0 Å². The van der Waals surface area contributed by atoms with Gasteiger partial charge in [0.1, 0.15) is 11.8 Å². The van der Waals surface area contributed by atoms with Crippen LogP contribution in [0.3, 0.4) is 0 Å². The number of piperazine rings is 1. The summed E-state index contributed by atoms with van der Waals surface area (Å²) in [6.07, 6.45) is 0. The topological polar surface area (TPSA) is 77.8 Å². The SMILES string of the molecule is CCOc1ccc([C@H](COC)NC(=O)N2CCN(C)[C@H](C#N)C2)cc1. The number of hydrogen-bond donors (Lipinski definition) is 1. The van der Waals surface area contributed by atoms with Crippen LogP contribution >= 0.6 is 0 Å². The molecule has 1 aromatic rings. The Morgan fingerprint density at radius 2 is 2.12 bits per heavy atom. The predicted octanol–water partition coefficient (Wildman–Crippen LogP) is 1.62. The van der Waals surface area contributed by atoms with Crippen molar-refractivity contribution in [3.8, 4) is 11.8 Å². The second-order valence-electron chi connectivity index (χ2n) is 6.03. The molecule has 0 unspecified atom stereocenters. The Labute approximate surface area is 149 Å². The molecule has 2 amide bonds. The van der Waals surface area contributed by atoms with E-state index < -0.39 is 0 Å². The zero-order chi connectivity index (χ0) is 18.2. The summed E-state index contributed by atoms with van der Waals surface area (Å²) in [5, 5.41) is 12.2. The number of nitrogens with one attached hydrogen (secondary N) is 1. The maximum atomic E-state index is 12.6. The third kappa shape index (κ3) is 5.08. The van der Waals surface area contributed by atoms with Gasteiger partial charge in [-0.3, -0.25) is 4.90 Å². The maximum absolute atomic E-state index is 12.6. The van der Waals surface area contributed by atoms with Crippen molar-refractivity contribution in [3.63, 3.8) is 0 Å². The number of amides is 2. The van der Waals surface area contributed by atoms with Crippen LogP contribution in [-0.2, 0) is 4.74 Å². The van der Waals surface area contributed by atoms with Crippen LogP contribution in [0.5, 0.6) is 5.75 Å². The van der Waals surface area contributed by atoms with Gasteiger partial charge in [-0.1, -0.05) is 12.1 Å². The van der Waals surface area contributed by atoms with Crippen LogP contribution in [0.2, 0.25) is 0 Å². The van der Waals surface area contributed by atoms with Crippen molar-refractivity contribution < 1.29 is 14.3 Å². The first kappa shape index (κ1) is 19.0. The van der Waals surface area contributed by atoms with Gasteiger partial charge in [-0.2, -0.15) is 5.26 Å². The number of rotatable bonds is 6. The molecule has 0 spiro atoms. The Bertz CT molecular complexity index is 599. The molecule has 25 heavy (non-hydrogen) atoms. The van der Waals surface area contributed by atoms with E-state index in [2.05, 4.69) is 11.4 Å². The minimum absolute atomic E-state index is 0.177. The lowest BCUT2D eigenvalue weighted by Crippen LogP contribution is -2.55. The molecule has 7 heteroatoms. The summed E-state index contributed by atoms with van der Waals surface area (Å²) >= 11 is 0. The molecule has 0 aromatic heterocycles. The molecule has 0 aliphatic carbocycles. The number of carbonyl (C=O) groups excluding carboxylic acids is 1. The standard InChI is InChI=1S/C18H26N4O3/c1-4-25-16-7-5-14(6-8-16)17(13-24-3)20-18(23)22-10-9-21(2)15(11-19)12-22/h5-8,15,17H,4,9-10,12-13H2,1-3H3,(H,20,23)/t15-,17+/m1/s1. The first-order valence-corrected chi connectivity index (χ1v) is 8.46. The number of benzene rings is 1. The molecular weight excluding hydrogens is 320 g/mol. The molecule has 1 aliphatic rings. The van der Waals surface area contributed by atoms with Gasteiger partial charge in [-0.25, -0.2) is 4.79 Å². The molecular formula is C18H26N4O3. The second kappa shape index (κ2) is 9.25. The molecule has 1 aromatic carbocycles. The molecule has 0 saturated carbocycles. The van der Waals surface area contributed by atoms with Crippen LogP contribution in [0, 0.1) is 11.3 Å². The van der Waals surface area contributed by atoms with E-state index in [9.17, 15) is 10.1 Å². The highest BCUT2D eigenvalue weighted by Gasteiger charge is 2.28. The van der Waals surface area contributed by atoms with E-state index in [1.54, 1.807) is 12.0 Å². The summed E-state index contributed by atoms with van der Waals surface area (Å²) in [6.45, 7) is 4.61. The predicted molar refractivity (Wildman–Crippen MR) is 94.4 cm³/mol. The molecule has 0 radical (unpaired) electrons. The minimum atomic E-state index is -0.272. The van der Waals surface area contributed by atoms with Crippen molar-refractivity contribution in [3.05, 3.63) is 29.8 Å². The van der Waals surface area contributed by atoms with Gasteiger partial charge >= 0.3 is 6.03 Å². The average molecular weight is 346 g/mol. The zero-order valence-electron chi connectivity index (χ0n) is 15.1. The molecule has 1 fully saturated rings. The fraction of sp³-hybridized carbons (Fsp3) is 0.556. The number of nitrogens with zero attached hydrogens (tertiary/aromatic N) is 3. The monoisotopic (exact) mass is 346 g/mol. The number of carbonyl (C=O) groups is 1. The third-order valence-electron chi connectivity index (χ3n) is 4.31. The van der Waals surface area contributed by atoms with E-state index >= 15 is 0 Å². The van der Waals surface area contributed by atoms with Crippen molar-refractivity contribution in [2.75, 3.05) is 47.0 Å². The Balaban J connectivity index is 2.03. The van der Waals surface area contributed by atoms with Crippen LogP contribution in [0.25, 0.3) is 0 Å². The van der Waals surface area contributed by atoms with Crippen LogP contribution in [0.1, 0.15) is 18.5 Å². The van der Waals surface area contributed by atoms with Crippen molar-refractivity contribution in [1.29, 1.82) is 5.26 Å². The summed E-state index contributed by atoms with van der Waals surface area (Å²) in [4.78, 5) is 16.2. The molecule has 2 atom stereocenters. The first-order chi connectivity index (χ1) is 12.1. The van der Waals surface area contributed by atoms with E-state index in [1.165, 1.54) is 0 Å². The summed E-state index contributed by atoms with van der Waals surface area (Å²) in [6, 6.07) is 9.15. The molecule has 0 bridgehead atoms. The van der Waals surface area contributed by atoms with Crippen molar-refractivity contribution in [1.82, 2.24) is 15.1 Å². The summed E-state index contributed by atoms with van der Waals surface area (Å²) in [5.41, 5.74) is 0.949. The fourth-order valence-corrected chi connectivity index (χ4v) is 2.79. The normalized spacial score (nSPS) is 19.1. The average Bonchev–Trinajstić information content (AvgIpc) is 2.62. The Morgan fingerprint density at radius 1 is 1.40 bits per heavy atom. The van der Waals surface area contributed by atoms with Gasteiger partial charge in [0.25, 0.3) is 0 Å². The summed E-state index contributed by atoms with van der Waals surface area (Å²) < 4.78 is 10.7. The van der Waals surface area contributed by atoms with E-state index in [0.717, 1.165) is 11.3 Å². The lowest BCUT2D eigenvalue weighted by Gasteiger charge is -2.36. The lowest BCUT2D eigenvalue weighted by molar-refractivity contribution is 0.121.